The van der Waals surface area contributed by atoms with Gasteiger partial charge in [0, 0.05) is 34.1 Å². The molecule has 0 unspecified atom stereocenters. The minimum Gasteiger partial charge on any atom is -0.458 e. The van der Waals surface area contributed by atoms with Gasteiger partial charge in [-0.05, 0) is 88.8 Å². The summed E-state index contributed by atoms with van der Waals surface area (Å²) >= 11 is 0. The van der Waals surface area contributed by atoms with E-state index in [0.717, 1.165) is 50.4 Å². The highest BCUT2D eigenvalue weighted by Crippen LogP contribution is 2.51. The number of nitrogens with zero attached hydrogens (tertiary/aromatic N) is 5. The maximum atomic E-state index is 8.56. The van der Waals surface area contributed by atoms with Gasteiger partial charge in [0.25, 0.3) is 0 Å². The van der Waals surface area contributed by atoms with Gasteiger partial charge in [0.05, 0.1) is 50.2 Å². The Balaban J connectivity index is 1.05. The van der Waals surface area contributed by atoms with Crippen LogP contribution in [0.25, 0.3) is 44.3 Å². The molecule has 0 atom stereocenters. The summed E-state index contributed by atoms with van der Waals surface area (Å²) in [6.45, 7) is 8.65. The molecule has 6 aromatic carbocycles. The lowest BCUT2D eigenvalue weighted by Gasteiger charge is -2.42. The topological polar surface area (TPSA) is 39.1 Å². The van der Waals surface area contributed by atoms with Gasteiger partial charge in [0.2, 0.25) is 6.33 Å². The van der Waals surface area contributed by atoms with Gasteiger partial charge in [0.1, 0.15) is 17.3 Å². The molecule has 0 aliphatic carbocycles. The Bertz CT molecular complexity index is 3060. The van der Waals surface area contributed by atoms with Gasteiger partial charge >= 0.3 is 0 Å². The first-order valence-corrected chi connectivity index (χ1v) is 19.1. The molecule has 9 aromatic rings. The van der Waals surface area contributed by atoms with Crippen molar-refractivity contribution in [3.05, 3.63) is 175 Å². The maximum absolute atomic E-state index is 8.56. The van der Waals surface area contributed by atoms with Gasteiger partial charge < -0.3 is 18.8 Å². The first kappa shape index (κ1) is 30.6. The fourth-order valence-electron chi connectivity index (χ4n) is 8.46. The Morgan fingerprint density at radius 1 is 0.661 bits per heavy atom. The minimum atomic E-state index is -2.48. The van der Waals surface area contributed by atoms with Crippen molar-refractivity contribution in [1.29, 1.82) is 0 Å². The minimum absolute atomic E-state index is 0.0352. The van der Waals surface area contributed by atoms with E-state index in [9.17, 15) is 0 Å². The number of anilines is 3. The van der Waals surface area contributed by atoms with E-state index in [1.165, 1.54) is 21.3 Å². The van der Waals surface area contributed by atoms with Crippen LogP contribution in [0.3, 0.4) is 0 Å². The lowest BCUT2D eigenvalue weighted by molar-refractivity contribution is -0.649. The Morgan fingerprint density at radius 2 is 1.38 bits per heavy atom. The smallest absolute Gasteiger partial charge is 0.244 e. The summed E-state index contributed by atoms with van der Waals surface area (Å²) in [5.41, 5.74) is 10.4. The highest BCUT2D eigenvalue weighted by molar-refractivity contribution is 6.09. The lowest BCUT2D eigenvalue weighted by atomic mass is 9.73. The van der Waals surface area contributed by atoms with Crippen molar-refractivity contribution in [2.24, 2.45) is 6.98 Å². The van der Waals surface area contributed by atoms with E-state index in [0.29, 0.717) is 22.5 Å². The number of aryl methyl sites for hydroxylation is 1. The monoisotopic (exact) mass is 732 g/mol. The average Bonchev–Trinajstić information content (AvgIpc) is 3.77. The van der Waals surface area contributed by atoms with Gasteiger partial charge in [-0.15, -0.1) is 0 Å². The number of rotatable bonds is 5. The van der Waals surface area contributed by atoms with Crippen molar-refractivity contribution >= 4 is 49.9 Å². The summed E-state index contributed by atoms with van der Waals surface area (Å²) in [7, 11) is 0. The maximum Gasteiger partial charge on any atom is 0.244 e. The molecule has 0 saturated heterocycles. The summed E-state index contributed by atoms with van der Waals surface area (Å²) in [6.07, 6.45) is 5.07. The quantitative estimate of drug-likeness (QED) is 0.131. The van der Waals surface area contributed by atoms with E-state index >= 15 is 0 Å². The Morgan fingerprint density at radius 3 is 2.14 bits per heavy atom. The third-order valence-corrected chi connectivity index (χ3v) is 11.3. The highest BCUT2D eigenvalue weighted by atomic mass is 16.5. The molecule has 0 N–H and O–H groups in total. The van der Waals surface area contributed by atoms with Crippen LogP contribution >= 0.6 is 0 Å². The predicted octanol–water partition coefficient (Wildman–Crippen LogP) is 11.9. The van der Waals surface area contributed by atoms with Crippen LogP contribution in [0.1, 0.15) is 55.4 Å². The van der Waals surface area contributed by atoms with Gasteiger partial charge in [-0.25, -0.2) is 4.98 Å². The average molecular weight is 733 g/mol. The standard InChI is InChI=1S/C50H43N5O/c1-49(2,3)33-26-27-51-48(28-33)55-42-19-10-7-16-38(42)39-24-23-37(31-46(39)55)56-36-15-13-14-34(29-36)53-32-52(6)47-30-35(22-25-45(47)53)54-43-20-11-8-17-40(43)50(4,5)41-18-9-12-21-44(41)54/h7-31H,1-6H3/i6D3. The number of fused-ring (bicyclic) bond motifs is 6. The fourth-order valence-corrected chi connectivity index (χ4v) is 8.46. The number of imidazole rings is 1. The molecule has 0 radical (unpaired) electrons. The number of hydrogen-bond donors (Lipinski definition) is 0. The molecule has 10 rings (SSSR count). The number of hydrogen-bond acceptors (Lipinski definition) is 3. The summed E-state index contributed by atoms with van der Waals surface area (Å²) in [5.74, 6) is 2.12. The van der Waals surface area contributed by atoms with Crippen molar-refractivity contribution in [3.8, 4) is 23.0 Å². The molecule has 6 heteroatoms. The van der Waals surface area contributed by atoms with E-state index < -0.39 is 6.98 Å². The molecule has 0 amide bonds. The van der Waals surface area contributed by atoms with Crippen LogP contribution in [-0.2, 0) is 17.8 Å². The lowest BCUT2D eigenvalue weighted by Crippen LogP contribution is -2.30. The molecule has 6 nitrogen and oxygen atoms in total. The Kier molecular flexibility index (Phi) is 6.80. The third-order valence-electron chi connectivity index (χ3n) is 11.3. The second-order valence-electron chi connectivity index (χ2n) is 16.2. The fraction of sp³-hybridized carbons (Fsp3) is 0.160. The molecule has 0 bridgehead atoms. The summed E-state index contributed by atoms with van der Waals surface area (Å²) in [6, 6.07) is 49.4. The SMILES string of the molecule is [2H]C([2H])([2H])[n+]1[c-]n(-c2cccc(Oc3ccc4c5ccccc5n(-c5cc(C(C)(C)C)ccn5)c4c3)c2)c2ccc(N3c4ccccc4C(C)(C)c4ccccc43)cc21. The number of pyridine rings is 1. The van der Waals surface area contributed by atoms with E-state index in [4.69, 9.17) is 13.8 Å². The van der Waals surface area contributed by atoms with Gasteiger partial charge in [0.15, 0.2) is 0 Å². The van der Waals surface area contributed by atoms with Crippen molar-refractivity contribution in [3.63, 3.8) is 0 Å². The highest BCUT2D eigenvalue weighted by Gasteiger charge is 2.36. The van der Waals surface area contributed by atoms with Gasteiger partial charge in [-0.1, -0.05) is 107 Å². The number of aromatic nitrogens is 4. The summed E-state index contributed by atoms with van der Waals surface area (Å²) in [5, 5.41) is 2.24. The molecule has 0 fully saturated rings. The van der Waals surface area contributed by atoms with Crippen molar-refractivity contribution in [1.82, 2.24) is 14.1 Å². The second kappa shape index (κ2) is 12.4. The van der Waals surface area contributed by atoms with E-state index in [1.54, 1.807) is 4.57 Å². The molecule has 1 aliphatic heterocycles. The summed E-state index contributed by atoms with van der Waals surface area (Å²) in [4.78, 5) is 7.06. The number of para-hydroxylation sites is 3. The second-order valence-corrected chi connectivity index (χ2v) is 16.2. The van der Waals surface area contributed by atoms with Crippen LogP contribution in [0.5, 0.6) is 11.5 Å². The van der Waals surface area contributed by atoms with Crippen LogP contribution in [0, 0.1) is 6.33 Å². The number of ether oxygens (including phenoxy) is 1. The molecular weight excluding hydrogens is 687 g/mol. The van der Waals surface area contributed by atoms with E-state index in [-0.39, 0.29) is 10.8 Å². The van der Waals surface area contributed by atoms with E-state index in [2.05, 4.69) is 154 Å². The normalized spacial score (nSPS) is 14.7. The van der Waals surface area contributed by atoms with Crippen molar-refractivity contribution in [2.75, 3.05) is 4.90 Å². The molecule has 0 saturated carbocycles. The molecule has 4 heterocycles. The van der Waals surface area contributed by atoms with Crippen molar-refractivity contribution < 1.29 is 13.4 Å². The van der Waals surface area contributed by atoms with Gasteiger partial charge in [-0.3, -0.25) is 4.57 Å². The van der Waals surface area contributed by atoms with Crippen LogP contribution in [-0.4, -0.2) is 14.1 Å². The van der Waals surface area contributed by atoms with Crippen molar-refractivity contribution in [2.45, 2.75) is 45.4 Å². The predicted molar refractivity (Wildman–Crippen MR) is 227 cm³/mol. The van der Waals surface area contributed by atoms with Crippen LogP contribution in [0.2, 0.25) is 0 Å². The Labute approximate surface area is 331 Å². The van der Waals surface area contributed by atoms with Crippen LogP contribution in [0.15, 0.2) is 152 Å². The number of benzene rings is 6. The zero-order valence-corrected chi connectivity index (χ0v) is 32.1. The third kappa shape index (κ3) is 5.31. The Hall–Kier alpha value is -6.66. The first-order chi connectivity index (χ1) is 28.3. The first-order valence-electron chi connectivity index (χ1n) is 20.6. The molecular formula is C50H43N5O. The van der Waals surface area contributed by atoms with Crippen LogP contribution in [0.4, 0.5) is 17.1 Å². The van der Waals surface area contributed by atoms with E-state index in [1.807, 2.05) is 48.7 Å². The zero-order valence-electron chi connectivity index (χ0n) is 35.1. The van der Waals surface area contributed by atoms with Gasteiger partial charge in [-0.2, -0.15) is 0 Å². The molecule has 1 aliphatic rings. The molecule has 3 aromatic heterocycles. The molecule has 274 valence electrons. The zero-order chi connectivity index (χ0) is 40.8. The molecule has 0 spiro atoms. The largest absolute Gasteiger partial charge is 0.458 e. The molecule has 56 heavy (non-hydrogen) atoms. The van der Waals surface area contributed by atoms with Crippen LogP contribution < -0.4 is 14.2 Å². The summed E-state index contributed by atoms with van der Waals surface area (Å²) < 4.78 is 37.5.